The first kappa shape index (κ1) is 19.3. The van der Waals surface area contributed by atoms with Crippen molar-refractivity contribution in [2.24, 2.45) is 0 Å². The number of carboxylic acid groups (broad SMARTS) is 2. The Kier molecular flexibility index (Phi) is 6.57. The highest BCUT2D eigenvalue weighted by molar-refractivity contribution is 5.75. The van der Waals surface area contributed by atoms with Gasteiger partial charge in [0.2, 0.25) is 0 Å². The Hall–Kier alpha value is -3.06. The lowest BCUT2D eigenvalue weighted by Gasteiger charge is -2.29. The highest BCUT2D eigenvalue weighted by Gasteiger charge is 2.27. The number of carbonyl (C=O) groups is 2. The fourth-order valence-electron chi connectivity index (χ4n) is 2.73. The molecule has 1 unspecified atom stereocenters. The molecule has 2 aromatic carbocycles. The topological polar surface area (TPSA) is 118 Å². The van der Waals surface area contributed by atoms with E-state index in [0.29, 0.717) is 11.1 Å². The molecule has 0 amide bonds. The summed E-state index contributed by atoms with van der Waals surface area (Å²) in [6.45, 7) is 0.190. The van der Waals surface area contributed by atoms with Gasteiger partial charge in [0.05, 0.1) is 0 Å². The van der Waals surface area contributed by atoms with Crippen LogP contribution in [0.25, 0.3) is 0 Å². The van der Waals surface area contributed by atoms with Gasteiger partial charge >= 0.3 is 11.9 Å². The van der Waals surface area contributed by atoms with Gasteiger partial charge in [0.25, 0.3) is 0 Å². The molecular formula is C19H21NO6. The van der Waals surface area contributed by atoms with E-state index in [1.54, 1.807) is 36.4 Å². The van der Waals surface area contributed by atoms with Crippen LogP contribution in [0.5, 0.6) is 11.5 Å². The molecular weight excluding hydrogens is 338 g/mol. The van der Waals surface area contributed by atoms with Crippen LogP contribution < -0.4 is 0 Å². The van der Waals surface area contributed by atoms with E-state index in [2.05, 4.69) is 0 Å². The van der Waals surface area contributed by atoms with Gasteiger partial charge in [0, 0.05) is 30.6 Å². The Morgan fingerprint density at radius 3 is 1.69 bits per heavy atom. The molecule has 26 heavy (non-hydrogen) atoms. The zero-order valence-corrected chi connectivity index (χ0v) is 14.1. The van der Waals surface area contributed by atoms with Gasteiger partial charge in [-0.1, -0.05) is 36.4 Å². The lowest BCUT2D eigenvalue weighted by Crippen LogP contribution is -2.40. The summed E-state index contributed by atoms with van der Waals surface area (Å²) in [4.78, 5) is 24.2. The minimum absolute atomic E-state index is 0.0251. The number of hydrogen-bond acceptors (Lipinski definition) is 5. The standard InChI is InChI=1S/C19H21NO6/c21-16-7-3-1-5-13(16)11-20(12-14-6-2-4-8-17(14)22)15(19(25)26)9-10-18(23)24/h1-8,15,21-22H,9-12H2,(H,23,24)(H,25,26). The van der Waals surface area contributed by atoms with Crippen LogP contribution in [0.4, 0.5) is 0 Å². The Balaban J connectivity index is 2.32. The minimum atomic E-state index is -1.16. The van der Waals surface area contributed by atoms with Gasteiger partial charge in [-0.3, -0.25) is 14.5 Å². The predicted octanol–water partition coefficient (Wildman–Crippen LogP) is 2.42. The van der Waals surface area contributed by atoms with E-state index in [1.807, 2.05) is 0 Å². The number of rotatable bonds is 9. The molecule has 7 nitrogen and oxygen atoms in total. The summed E-state index contributed by atoms with van der Waals surface area (Å²) in [7, 11) is 0. The largest absolute Gasteiger partial charge is 0.508 e. The van der Waals surface area contributed by atoms with E-state index in [9.17, 15) is 24.9 Å². The number of aromatic hydroxyl groups is 2. The quantitative estimate of drug-likeness (QED) is 0.543. The van der Waals surface area contributed by atoms with Gasteiger partial charge in [-0.25, -0.2) is 0 Å². The number of para-hydroxylation sites is 2. The van der Waals surface area contributed by atoms with Crippen LogP contribution >= 0.6 is 0 Å². The number of nitrogens with zero attached hydrogens (tertiary/aromatic N) is 1. The number of phenols is 2. The predicted molar refractivity (Wildman–Crippen MR) is 93.8 cm³/mol. The van der Waals surface area contributed by atoms with Crippen molar-refractivity contribution in [3.05, 3.63) is 59.7 Å². The molecule has 0 bridgehead atoms. The van der Waals surface area contributed by atoms with Crippen LogP contribution in [0.15, 0.2) is 48.5 Å². The van der Waals surface area contributed by atoms with Crippen molar-refractivity contribution in [3.63, 3.8) is 0 Å². The maximum absolute atomic E-state index is 11.7. The van der Waals surface area contributed by atoms with Gasteiger partial charge in [-0.15, -0.1) is 0 Å². The van der Waals surface area contributed by atoms with Crippen molar-refractivity contribution in [1.82, 2.24) is 4.90 Å². The fourth-order valence-corrected chi connectivity index (χ4v) is 2.73. The van der Waals surface area contributed by atoms with Gasteiger partial charge in [0.15, 0.2) is 0 Å². The Morgan fingerprint density at radius 1 is 0.846 bits per heavy atom. The van der Waals surface area contributed by atoms with Gasteiger partial charge in [-0.2, -0.15) is 0 Å². The van der Waals surface area contributed by atoms with E-state index in [4.69, 9.17) is 5.11 Å². The zero-order chi connectivity index (χ0) is 19.1. The molecule has 0 aliphatic heterocycles. The number of aliphatic carboxylic acids is 2. The Morgan fingerprint density at radius 2 is 1.31 bits per heavy atom. The molecule has 0 aliphatic rings. The normalized spacial score (nSPS) is 12.0. The van der Waals surface area contributed by atoms with Crippen LogP contribution in [-0.2, 0) is 22.7 Å². The second kappa shape index (κ2) is 8.87. The summed E-state index contributed by atoms with van der Waals surface area (Å²) in [6.07, 6.45) is -0.388. The van der Waals surface area contributed by atoms with Gasteiger partial charge in [-0.05, 0) is 18.6 Å². The first-order valence-corrected chi connectivity index (χ1v) is 8.11. The molecule has 138 valence electrons. The van der Waals surface area contributed by atoms with Crippen molar-refractivity contribution >= 4 is 11.9 Å². The van der Waals surface area contributed by atoms with Crippen molar-refractivity contribution in [2.45, 2.75) is 32.0 Å². The number of phenolic OH excluding ortho intramolecular Hbond substituents is 2. The minimum Gasteiger partial charge on any atom is -0.508 e. The number of benzene rings is 2. The molecule has 2 rings (SSSR count). The smallest absolute Gasteiger partial charge is 0.320 e. The molecule has 0 radical (unpaired) electrons. The van der Waals surface area contributed by atoms with E-state index in [0.717, 1.165) is 0 Å². The summed E-state index contributed by atoms with van der Waals surface area (Å²) in [5, 5.41) is 38.5. The Labute approximate surface area is 150 Å². The van der Waals surface area contributed by atoms with Crippen molar-refractivity contribution in [2.75, 3.05) is 0 Å². The van der Waals surface area contributed by atoms with E-state index < -0.39 is 18.0 Å². The average Bonchev–Trinajstić information content (AvgIpc) is 2.58. The molecule has 1 atom stereocenters. The van der Waals surface area contributed by atoms with Gasteiger partial charge < -0.3 is 20.4 Å². The van der Waals surface area contributed by atoms with E-state index in [-0.39, 0.29) is 37.4 Å². The Bertz CT molecular complexity index is 729. The lowest BCUT2D eigenvalue weighted by molar-refractivity contribution is -0.145. The van der Waals surface area contributed by atoms with Crippen LogP contribution in [0, 0.1) is 0 Å². The lowest BCUT2D eigenvalue weighted by atomic mass is 10.1. The fraction of sp³-hybridized carbons (Fsp3) is 0.263. The second-order valence-corrected chi connectivity index (χ2v) is 5.95. The molecule has 0 spiro atoms. The highest BCUT2D eigenvalue weighted by Crippen LogP contribution is 2.25. The molecule has 0 fully saturated rings. The third kappa shape index (κ3) is 5.22. The third-order valence-electron chi connectivity index (χ3n) is 4.09. The summed E-state index contributed by atoms with van der Waals surface area (Å²) >= 11 is 0. The highest BCUT2D eigenvalue weighted by atomic mass is 16.4. The number of carboxylic acids is 2. The monoisotopic (exact) mass is 359 g/mol. The van der Waals surface area contributed by atoms with Crippen LogP contribution in [0.3, 0.4) is 0 Å². The molecule has 0 saturated carbocycles. The summed E-state index contributed by atoms with van der Waals surface area (Å²) < 4.78 is 0. The third-order valence-corrected chi connectivity index (χ3v) is 4.09. The summed E-state index contributed by atoms with van der Waals surface area (Å²) in [6, 6.07) is 12.0. The van der Waals surface area contributed by atoms with E-state index >= 15 is 0 Å². The van der Waals surface area contributed by atoms with Crippen LogP contribution in [-0.4, -0.2) is 43.3 Å². The maximum Gasteiger partial charge on any atom is 0.320 e. The van der Waals surface area contributed by atoms with Crippen molar-refractivity contribution < 1.29 is 30.0 Å². The summed E-state index contributed by atoms with van der Waals surface area (Å²) in [5.74, 6) is -2.19. The van der Waals surface area contributed by atoms with Crippen LogP contribution in [0.1, 0.15) is 24.0 Å². The molecule has 7 heteroatoms. The maximum atomic E-state index is 11.7. The van der Waals surface area contributed by atoms with E-state index in [1.165, 1.54) is 17.0 Å². The molecule has 2 aromatic rings. The molecule has 4 N–H and O–H groups in total. The van der Waals surface area contributed by atoms with Crippen molar-refractivity contribution in [1.29, 1.82) is 0 Å². The average molecular weight is 359 g/mol. The molecule has 0 aliphatic carbocycles. The molecule has 0 saturated heterocycles. The summed E-state index contributed by atoms with van der Waals surface area (Å²) in [5.41, 5.74) is 1.04. The first-order chi connectivity index (χ1) is 12.4. The SMILES string of the molecule is O=C(O)CCC(C(=O)O)N(Cc1ccccc1O)Cc1ccccc1O. The molecule has 0 aromatic heterocycles. The van der Waals surface area contributed by atoms with Crippen LogP contribution in [0.2, 0.25) is 0 Å². The van der Waals surface area contributed by atoms with Gasteiger partial charge in [0.1, 0.15) is 17.5 Å². The second-order valence-electron chi connectivity index (χ2n) is 5.95. The first-order valence-electron chi connectivity index (χ1n) is 8.11. The zero-order valence-electron chi connectivity index (χ0n) is 14.1. The van der Waals surface area contributed by atoms with Crippen molar-refractivity contribution in [3.8, 4) is 11.5 Å². The molecule has 0 heterocycles. The number of hydrogen-bond donors (Lipinski definition) is 4.